The van der Waals surface area contributed by atoms with Crippen LogP contribution < -0.4 is 10.2 Å². The first-order valence-electron chi connectivity index (χ1n) is 8.88. The average molecular weight is 339 g/mol. The van der Waals surface area contributed by atoms with Crippen LogP contribution in [0.1, 0.15) is 31.4 Å². The zero-order valence-electron chi connectivity index (χ0n) is 14.4. The van der Waals surface area contributed by atoms with Crippen molar-refractivity contribution in [1.29, 1.82) is 0 Å². The van der Waals surface area contributed by atoms with Crippen LogP contribution in [0.15, 0.2) is 41.0 Å². The fourth-order valence-electron chi connectivity index (χ4n) is 3.48. The van der Waals surface area contributed by atoms with E-state index in [1.165, 1.54) is 4.90 Å². The minimum Gasteiger partial charge on any atom is -0.463 e. The minimum atomic E-state index is 0.0555. The molecule has 1 unspecified atom stereocenters. The van der Waals surface area contributed by atoms with Crippen molar-refractivity contribution in [2.45, 2.75) is 39.4 Å². The second-order valence-electron chi connectivity index (χ2n) is 6.61. The molecular formula is C19H23N4O2+. The topological polar surface area (TPSA) is 64.5 Å². The molecule has 0 fully saturated rings. The monoisotopic (exact) mass is 339 g/mol. The summed E-state index contributed by atoms with van der Waals surface area (Å²) in [5.74, 6) is 2.17. The first-order valence-corrected chi connectivity index (χ1v) is 8.88. The molecule has 0 saturated heterocycles. The third-order valence-corrected chi connectivity index (χ3v) is 4.69. The van der Waals surface area contributed by atoms with Crippen LogP contribution in [0.3, 0.4) is 0 Å². The number of carbonyl (C=O) groups is 1. The number of hydrogen-bond donors (Lipinski definition) is 2. The van der Waals surface area contributed by atoms with Gasteiger partial charge in [-0.1, -0.05) is 6.92 Å². The molecule has 1 atom stereocenters. The highest BCUT2D eigenvalue weighted by Crippen LogP contribution is 2.21. The van der Waals surface area contributed by atoms with E-state index in [1.807, 2.05) is 31.2 Å². The fourth-order valence-corrected chi connectivity index (χ4v) is 3.48. The van der Waals surface area contributed by atoms with Crippen LogP contribution in [0.2, 0.25) is 0 Å². The van der Waals surface area contributed by atoms with Crippen LogP contribution in [0, 0.1) is 0 Å². The molecule has 25 heavy (non-hydrogen) atoms. The Hall–Kier alpha value is -2.60. The number of aromatic nitrogens is 2. The van der Waals surface area contributed by atoms with E-state index < -0.39 is 0 Å². The quantitative estimate of drug-likeness (QED) is 0.747. The lowest BCUT2D eigenvalue weighted by Gasteiger charge is -2.24. The Balaban J connectivity index is 1.54. The SMILES string of the molecule is CCCC(=O)Nc1ccc2c(c1)nc1n2CC[NH+](Cc2ccco2)C1. The van der Waals surface area contributed by atoms with Gasteiger partial charge in [0.05, 0.1) is 30.4 Å². The molecule has 1 amide bonds. The summed E-state index contributed by atoms with van der Waals surface area (Å²) in [6.07, 6.45) is 3.12. The molecular weight excluding hydrogens is 316 g/mol. The molecule has 130 valence electrons. The highest BCUT2D eigenvalue weighted by molar-refractivity contribution is 5.93. The second-order valence-corrected chi connectivity index (χ2v) is 6.61. The maximum atomic E-state index is 11.8. The second kappa shape index (κ2) is 6.72. The Kier molecular flexibility index (Phi) is 4.28. The predicted octanol–water partition coefficient (Wildman–Crippen LogP) is 1.97. The highest BCUT2D eigenvalue weighted by atomic mass is 16.3. The van der Waals surface area contributed by atoms with E-state index in [1.54, 1.807) is 6.26 Å². The van der Waals surface area contributed by atoms with Crippen molar-refractivity contribution in [2.75, 3.05) is 11.9 Å². The summed E-state index contributed by atoms with van der Waals surface area (Å²) in [5, 5.41) is 2.95. The zero-order valence-corrected chi connectivity index (χ0v) is 14.4. The summed E-state index contributed by atoms with van der Waals surface area (Å²) in [4.78, 5) is 18.0. The Labute approximate surface area is 146 Å². The van der Waals surface area contributed by atoms with Crippen LogP contribution >= 0.6 is 0 Å². The summed E-state index contributed by atoms with van der Waals surface area (Å²) in [6.45, 7) is 5.77. The highest BCUT2D eigenvalue weighted by Gasteiger charge is 2.23. The number of hydrogen-bond acceptors (Lipinski definition) is 3. The molecule has 1 aliphatic heterocycles. The smallest absolute Gasteiger partial charge is 0.224 e. The molecule has 0 aliphatic carbocycles. The third kappa shape index (κ3) is 3.30. The van der Waals surface area contributed by atoms with E-state index in [-0.39, 0.29) is 5.91 Å². The van der Waals surface area contributed by atoms with Gasteiger partial charge in [0.1, 0.15) is 13.1 Å². The van der Waals surface area contributed by atoms with Gasteiger partial charge in [-0.15, -0.1) is 0 Å². The number of furan rings is 1. The maximum Gasteiger partial charge on any atom is 0.224 e. The molecule has 1 aromatic carbocycles. The van der Waals surface area contributed by atoms with Crippen molar-refractivity contribution in [3.63, 3.8) is 0 Å². The van der Waals surface area contributed by atoms with Gasteiger partial charge in [0.25, 0.3) is 0 Å². The Morgan fingerprint density at radius 3 is 3.12 bits per heavy atom. The van der Waals surface area contributed by atoms with Gasteiger partial charge < -0.3 is 19.2 Å². The summed E-state index contributed by atoms with van der Waals surface area (Å²) < 4.78 is 7.76. The van der Waals surface area contributed by atoms with E-state index >= 15 is 0 Å². The van der Waals surface area contributed by atoms with Gasteiger partial charge in [-0.05, 0) is 36.8 Å². The third-order valence-electron chi connectivity index (χ3n) is 4.69. The number of carbonyl (C=O) groups excluding carboxylic acids is 1. The largest absolute Gasteiger partial charge is 0.463 e. The number of rotatable bonds is 5. The van der Waals surface area contributed by atoms with Crippen molar-refractivity contribution in [3.05, 3.63) is 48.2 Å². The molecule has 4 rings (SSSR count). The number of amides is 1. The first-order chi connectivity index (χ1) is 12.2. The number of imidazole rings is 1. The molecule has 3 heterocycles. The summed E-state index contributed by atoms with van der Waals surface area (Å²) >= 11 is 0. The van der Waals surface area contributed by atoms with Crippen LogP contribution in [0.5, 0.6) is 0 Å². The molecule has 6 heteroatoms. The molecule has 0 bridgehead atoms. The maximum absolute atomic E-state index is 11.8. The molecule has 0 spiro atoms. The van der Waals surface area contributed by atoms with Gasteiger partial charge in [-0.3, -0.25) is 4.79 Å². The van der Waals surface area contributed by atoms with E-state index in [0.29, 0.717) is 6.42 Å². The van der Waals surface area contributed by atoms with E-state index in [2.05, 4.69) is 16.0 Å². The minimum absolute atomic E-state index is 0.0555. The zero-order chi connectivity index (χ0) is 17.2. The van der Waals surface area contributed by atoms with Crippen molar-refractivity contribution >= 4 is 22.6 Å². The number of nitrogens with zero attached hydrogens (tertiary/aromatic N) is 2. The standard InChI is InChI=1S/C19H22N4O2/c1-2-4-19(24)20-14-6-7-17-16(11-14)21-18-13-22(8-9-23(17)18)12-15-5-3-10-25-15/h3,5-7,10-11H,2,4,8-9,12-13H2,1H3,(H,20,24)/p+1. The molecule has 2 aromatic heterocycles. The summed E-state index contributed by atoms with van der Waals surface area (Å²) in [7, 11) is 0. The van der Waals surface area contributed by atoms with Crippen molar-refractivity contribution in [1.82, 2.24) is 9.55 Å². The molecule has 3 aromatic rings. The summed E-state index contributed by atoms with van der Waals surface area (Å²) in [6, 6.07) is 9.95. The molecule has 2 N–H and O–H groups in total. The Bertz CT molecular complexity index is 882. The Morgan fingerprint density at radius 1 is 1.40 bits per heavy atom. The van der Waals surface area contributed by atoms with Gasteiger partial charge in [0.15, 0.2) is 11.6 Å². The lowest BCUT2D eigenvalue weighted by Crippen LogP contribution is -3.10. The number of nitrogens with one attached hydrogen (secondary N) is 2. The number of benzene rings is 1. The van der Waals surface area contributed by atoms with E-state index in [9.17, 15) is 4.79 Å². The molecule has 1 aliphatic rings. The van der Waals surface area contributed by atoms with Gasteiger partial charge in [0.2, 0.25) is 5.91 Å². The Morgan fingerprint density at radius 2 is 2.32 bits per heavy atom. The van der Waals surface area contributed by atoms with Gasteiger partial charge in [-0.2, -0.15) is 0 Å². The fraction of sp³-hybridized carbons (Fsp3) is 0.368. The van der Waals surface area contributed by atoms with Crippen molar-refractivity contribution in [2.24, 2.45) is 0 Å². The summed E-state index contributed by atoms with van der Waals surface area (Å²) in [5.41, 5.74) is 2.91. The normalized spacial score (nSPS) is 16.8. The van der Waals surface area contributed by atoms with Crippen molar-refractivity contribution < 1.29 is 14.1 Å². The molecule has 0 saturated carbocycles. The molecule has 6 nitrogen and oxygen atoms in total. The lowest BCUT2D eigenvalue weighted by molar-refractivity contribution is -0.932. The van der Waals surface area contributed by atoms with Crippen LogP contribution in [0.25, 0.3) is 11.0 Å². The van der Waals surface area contributed by atoms with Crippen LogP contribution in [-0.2, 0) is 24.4 Å². The van der Waals surface area contributed by atoms with Gasteiger partial charge in [0, 0.05) is 12.1 Å². The van der Waals surface area contributed by atoms with E-state index in [0.717, 1.165) is 60.9 Å². The lowest BCUT2D eigenvalue weighted by atomic mass is 10.2. The van der Waals surface area contributed by atoms with Gasteiger partial charge in [-0.25, -0.2) is 4.98 Å². The van der Waals surface area contributed by atoms with Gasteiger partial charge >= 0.3 is 0 Å². The van der Waals surface area contributed by atoms with E-state index in [4.69, 9.17) is 9.40 Å². The first kappa shape index (κ1) is 15.9. The van der Waals surface area contributed by atoms with Crippen molar-refractivity contribution in [3.8, 4) is 0 Å². The predicted molar refractivity (Wildman–Crippen MR) is 95.2 cm³/mol. The molecule has 0 radical (unpaired) electrons. The average Bonchev–Trinajstić information content (AvgIpc) is 3.21. The number of anilines is 1. The number of quaternary nitrogens is 1. The number of fused-ring (bicyclic) bond motifs is 3. The van der Waals surface area contributed by atoms with Crippen LogP contribution in [0.4, 0.5) is 5.69 Å². The van der Waals surface area contributed by atoms with Crippen LogP contribution in [-0.4, -0.2) is 22.0 Å².